The molecule has 0 radical (unpaired) electrons. The summed E-state index contributed by atoms with van der Waals surface area (Å²) < 4.78 is 2.69. The minimum atomic E-state index is -0.0675. The first-order valence-electron chi connectivity index (χ1n) is 6.01. The molecule has 2 rings (SSSR count). The molecule has 0 aliphatic carbocycles. The molecule has 0 spiro atoms. The number of aryl methyl sites for hydroxylation is 2. The number of carbonyl (C=O) groups is 1. The average Bonchev–Trinajstić information content (AvgIpc) is 2.68. The van der Waals surface area contributed by atoms with Gasteiger partial charge in [0.05, 0.1) is 5.69 Å². The van der Waals surface area contributed by atoms with Crippen molar-refractivity contribution in [1.29, 1.82) is 0 Å². The third-order valence-corrected chi connectivity index (χ3v) is 3.93. The summed E-state index contributed by atoms with van der Waals surface area (Å²) in [5.74, 6) is -0.0675. The highest BCUT2D eigenvalue weighted by atomic mass is 79.9. The topological polar surface area (TPSA) is 46.9 Å². The van der Waals surface area contributed by atoms with Crippen LogP contribution in [-0.2, 0) is 13.6 Å². The van der Waals surface area contributed by atoms with Gasteiger partial charge in [-0.3, -0.25) is 9.48 Å². The van der Waals surface area contributed by atoms with Gasteiger partial charge in [-0.2, -0.15) is 5.10 Å². The Labute approximate surface area is 120 Å². The number of hydrogen-bond acceptors (Lipinski definition) is 2. The van der Waals surface area contributed by atoms with Crippen LogP contribution in [0.5, 0.6) is 0 Å². The number of aromatic nitrogens is 2. The fourth-order valence-corrected chi connectivity index (χ4v) is 2.31. The molecule has 0 atom stereocenters. The third kappa shape index (κ3) is 3.04. The van der Waals surface area contributed by atoms with Crippen LogP contribution in [0.4, 0.5) is 0 Å². The number of amides is 1. The summed E-state index contributed by atoms with van der Waals surface area (Å²) >= 11 is 3.43. The predicted octanol–water partition coefficient (Wildman–Crippen LogP) is 2.73. The summed E-state index contributed by atoms with van der Waals surface area (Å²) in [6, 6.07) is 5.62. The van der Waals surface area contributed by atoms with Gasteiger partial charge in [0.15, 0.2) is 0 Å². The predicted molar refractivity (Wildman–Crippen MR) is 78.0 cm³/mol. The Morgan fingerprint density at radius 3 is 2.79 bits per heavy atom. The Hall–Kier alpha value is -1.62. The molecule has 2 aromatic rings. The van der Waals surface area contributed by atoms with Crippen LogP contribution in [0.1, 0.15) is 27.2 Å². The molecule has 19 heavy (non-hydrogen) atoms. The van der Waals surface area contributed by atoms with Gasteiger partial charge in [-0.1, -0.05) is 22.0 Å². The Morgan fingerprint density at radius 1 is 1.42 bits per heavy atom. The summed E-state index contributed by atoms with van der Waals surface area (Å²) in [4.78, 5) is 12.1. The lowest BCUT2D eigenvalue weighted by atomic mass is 10.1. The zero-order valence-corrected chi connectivity index (χ0v) is 12.8. The lowest BCUT2D eigenvalue weighted by Gasteiger charge is -2.08. The molecule has 0 saturated heterocycles. The molecule has 1 aromatic heterocycles. The number of carbonyl (C=O) groups excluding carboxylic acids is 1. The maximum atomic E-state index is 12.1. The van der Waals surface area contributed by atoms with Gasteiger partial charge in [0, 0.05) is 35.4 Å². The van der Waals surface area contributed by atoms with Gasteiger partial charge in [-0.15, -0.1) is 0 Å². The fourth-order valence-electron chi connectivity index (χ4n) is 1.95. The number of hydrogen-bond donors (Lipinski definition) is 1. The van der Waals surface area contributed by atoms with E-state index >= 15 is 0 Å². The van der Waals surface area contributed by atoms with E-state index in [0.29, 0.717) is 12.1 Å². The van der Waals surface area contributed by atoms with Crippen molar-refractivity contribution < 1.29 is 4.79 Å². The van der Waals surface area contributed by atoms with Crippen LogP contribution in [-0.4, -0.2) is 15.7 Å². The largest absolute Gasteiger partial charge is 0.348 e. The first-order valence-corrected chi connectivity index (χ1v) is 6.80. The average molecular weight is 322 g/mol. The fraction of sp³-hybridized carbons (Fsp3) is 0.286. The number of rotatable bonds is 3. The van der Waals surface area contributed by atoms with Crippen LogP contribution in [0.15, 0.2) is 28.9 Å². The molecule has 0 saturated carbocycles. The summed E-state index contributed by atoms with van der Waals surface area (Å²) in [5.41, 5.74) is 3.61. The zero-order valence-electron chi connectivity index (χ0n) is 11.2. The van der Waals surface area contributed by atoms with Gasteiger partial charge in [0.25, 0.3) is 5.91 Å². The molecule has 0 aliphatic rings. The van der Waals surface area contributed by atoms with Crippen molar-refractivity contribution >= 4 is 21.8 Å². The van der Waals surface area contributed by atoms with E-state index in [9.17, 15) is 4.79 Å². The molecule has 0 unspecified atom stereocenters. The van der Waals surface area contributed by atoms with E-state index in [2.05, 4.69) is 26.3 Å². The van der Waals surface area contributed by atoms with Crippen molar-refractivity contribution in [2.75, 3.05) is 0 Å². The highest BCUT2D eigenvalue weighted by Crippen LogP contribution is 2.19. The molecule has 0 fully saturated rings. The van der Waals surface area contributed by atoms with Crippen molar-refractivity contribution in [3.05, 3.63) is 51.3 Å². The number of nitrogens with zero attached hydrogens (tertiary/aromatic N) is 2. The van der Waals surface area contributed by atoms with Crippen LogP contribution in [0.2, 0.25) is 0 Å². The van der Waals surface area contributed by atoms with Gasteiger partial charge in [0.1, 0.15) is 0 Å². The second-order valence-electron chi connectivity index (χ2n) is 4.51. The quantitative estimate of drug-likeness (QED) is 0.944. The van der Waals surface area contributed by atoms with Gasteiger partial charge >= 0.3 is 0 Å². The molecule has 100 valence electrons. The van der Waals surface area contributed by atoms with Gasteiger partial charge < -0.3 is 5.32 Å². The van der Waals surface area contributed by atoms with Crippen molar-refractivity contribution in [3.63, 3.8) is 0 Å². The maximum Gasteiger partial charge on any atom is 0.251 e. The molecule has 0 bridgehead atoms. The molecular formula is C14H16BrN3O. The SMILES string of the molecule is Cc1nn(C)cc1CNC(=O)c1cccc(Br)c1C. The molecule has 1 amide bonds. The van der Waals surface area contributed by atoms with Gasteiger partial charge in [-0.25, -0.2) is 0 Å². The third-order valence-electron chi connectivity index (χ3n) is 3.07. The monoisotopic (exact) mass is 321 g/mol. The van der Waals surface area contributed by atoms with Crippen molar-refractivity contribution in [3.8, 4) is 0 Å². The van der Waals surface area contributed by atoms with E-state index in [4.69, 9.17) is 0 Å². The number of halogens is 1. The van der Waals surface area contributed by atoms with Crippen LogP contribution in [0.25, 0.3) is 0 Å². The number of nitrogens with one attached hydrogen (secondary N) is 1. The van der Waals surface area contributed by atoms with Crippen LogP contribution < -0.4 is 5.32 Å². The molecule has 1 N–H and O–H groups in total. The summed E-state index contributed by atoms with van der Waals surface area (Å²) in [6.45, 7) is 4.35. The minimum absolute atomic E-state index is 0.0675. The Morgan fingerprint density at radius 2 is 2.16 bits per heavy atom. The van der Waals surface area contributed by atoms with Crippen LogP contribution >= 0.6 is 15.9 Å². The highest BCUT2D eigenvalue weighted by Gasteiger charge is 2.11. The van der Waals surface area contributed by atoms with Crippen molar-refractivity contribution in [2.24, 2.45) is 7.05 Å². The van der Waals surface area contributed by atoms with Gasteiger partial charge in [0.2, 0.25) is 0 Å². The minimum Gasteiger partial charge on any atom is -0.348 e. The van der Waals surface area contributed by atoms with Crippen LogP contribution in [0, 0.1) is 13.8 Å². The summed E-state index contributed by atoms with van der Waals surface area (Å²) in [7, 11) is 1.87. The molecule has 4 nitrogen and oxygen atoms in total. The Kier molecular flexibility index (Phi) is 4.04. The zero-order chi connectivity index (χ0) is 14.0. The second kappa shape index (κ2) is 5.57. The van der Waals surface area contributed by atoms with Crippen molar-refractivity contribution in [1.82, 2.24) is 15.1 Å². The molecule has 1 aromatic carbocycles. The van der Waals surface area contributed by atoms with Crippen molar-refractivity contribution in [2.45, 2.75) is 20.4 Å². The first-order chi connectivity index (χ1) is 8.99. The van der Waals surface area contributed by atoms with E-state index < -0.39 is 0 Å². The number of benzene rings is 1. The van der Waals surface area contributed by atoms with Gasteiger partial charge in [-0.05, 0) is 31.5 Å². The standard InChI is InChI=1S/C14H16BrN3O/c1-9-12(5-4-6-13(9)15)14(19)16-7-11-8-18(3)17-10(11)2/h4-6,8H,7H2,1-3H3,(H,16,19). The smallest absolute Gasteiger partial charge is 0.251 e. The molecule has 5 heteroatoms. The van der Waals surface area contributed by atoms with E-state index in [1.54, 1.807) is 4.68 Å². The molecule has 0 aliphatic heterocycles. The highest BCUT2D eigenvalue weighted by molar-refractivity contribution is 9.10. The Balaban J connectivity index is 2.10. The first kappa shape index (κ1) is 13.8. The van der Waals surface area contributed by atoms with E-state index in [1.165, 1.54) is 0 Å². The summed E-state index contributed by atoms with van der Waals surface area (Å²) in [6.07, 6.45) is 1.92. The normalized spacial score (nSPS) is 10.5. The summed E-state index contributed by atoms with van der Waals surface area (Å²) in [5, 5.41) is 7.18. The Bertz CT molecular complexity index is 619. The van der Waals surface area contributed by atoms with E-state index in [1.807, 2.05) is 45.3 Å². The lowest BCUT2D eigenvalue weighted by molar-refractivity contribution is 0.0950. The molecular weight excluding hydrogens is 306 g/mol. The molecule has 1 heterocycles. The van der Waals surface area contributed by atoms with E-state index in [0.717, 1.165) is 21.3 Å². The van der Waals surface area contributed by atoms with E-state index in [-0.39, 0.29) is 5.91 Å². The second-order valence-corrected chi connectivity index (χ2v) is 5.36. The van der Waals surface area contributed by atoms with Crippen LogP contribution in [0.3, 0.4) is 0 Å². The lowest BCUT2D eigenvalue weighted by Crippen LogP contribution is -2.23. The maximum absolute atomic E-state index is 12.1.